The summed E-state index contributed by atoms with van der Waals surface area (Å²) in [7, 11) is 1.61. The van der Waals surface area contributed by atoms with E-state index in [0.717, 1.165) is 73.5 Å². The van der Waals surface area contributed by atoms with Crippen LogP contribution >= 0.6 is 0 Å². The molecule has 6 rings (SSSR count). The Bertz CT molecular complexity index is 1720. The molecule has 224 valence electrons. The highest BCUT2D eigenvalue weighted by Crippen LogP contribution is 2.41. The highest BCUT2D eigenvalue weighted by molar-refractivity contribution is 5.77. The van der Waals surface area contributed by atoms with Crippen molar-refractivity contribution in [1.82, 2.24) is 23.8 Å². The third-order valence-electron chi connectivity index (χ3n) is 9.14. The summed E-state index contributed by atoms with van der Waals surface area (Å²) in [6, 6.07) is 24.0. The van der Waals surface area contributed by atoms with Gasteiger partial charge in [0.1, 0.15) is 16.9 Å². The van der Waals surface area contributed by atoms with Crippen molar-refractivity contribution < 1.29 is 9.84 Å². The Kier molecular flexibility index (Phi) is 8.32. The Labute approximate surface area is 252 Å². The molecule has 4 heterocycles. The Morgan fingerprint density at radius 2 is 1.53 bits per heavy atom. The first-order valence-electron chi connectivity index (χ1n) is 15.5. The number of benzene rings is 2. The number of piperidine rings is 1. The molecule has 1 aliphatic heterocycles. The SMILES string of the molecule is CCc1nc(C)c2c(=O)n(CCCCN3CCC(C(O)(c4ccccc4)c4ccccc4)CC3)c3ccc(OC)nc3n12. The molecular weight excluding hydrogens is 538 g/mol. The van der Waals surface area contributed by atoms with Crippen molar-refractivity contribution >= 4 is 16.7 Å². The van der Waals surface area contributed by atoms with Gasteiger partial charge < -0.3 is 19.3 Å². The van der Waals surface area contributed by atoms with E-state index in [-0.39, 0.29) is 11.5 Å². The molecule has 0 bridgehead atoms. The molecule has 1 aliphatic rings. The number of hydrogen-bond donors (Lipinski definition) is 1. The van der Waals surface area contributed by atoms with Gasteiger partial charge in [-0.25, -0.2) is 4.98 Å². The first kappa shape index (κ1) is 29.1. The molecule has 0 radical (unpaired) electrons. The zero-order valence-electron chi connectivity index (χ0n) is 25.4. The minimum absolute atomic E-state index is 0.0221. The second kappa shape index (κ2) is 12.3. The maximum absolute atomic E-state index is 13.7. The zero-order valence-corrected chi connectivity index (χ0v) is 25.4. The number of unbranched alkanes of at least 4 members (excludes halogenated alkanes) is 1. The van der Waals surface area contributed by atoms with E-state index in [2.05, 4.69) is 9.88 Å². The minimum atomic E-state index is -1.00. The Balaban J connectivity index is 1.14. The van der Waals surface area contributed by atoms with Gasteiger partial charge in [0.25, 0.3) is 5.56 Å². The van der Waals surface area contributed by atoms with Crippen LogP contribution in [0.25, 0.3) is 16.7 Å². The number of aryl methyl sites for hydroxylation is 3. The molecule has 0 aliphatic carbocycles. The molecule has 1 N–H and O–H groups in total. The molecule has 8 nitrogen and oxygen atoms in total. The van der Waals surface area contributed by atoms with Gasteiger partial charge in [0, 0.05) is 19.0 Å². The predicted octanol–water partition coefficient (Wildman–Crippen LogP) is 5.35. The number of imidazole rings is 1. The fourth-order valence-electron chi connectivity index (χ4n) is 6.88. The number of rotatable bonds is 10. The van der Waals surface area contributed by atoms with E-state index in [9.17, 15) is 9.90 Å². The number of aliphatic hydroxyl groups is 1. The third-order valence-corrected chi connectivity index (χ3v) is 9.14. The smallest absolute Gasteiger partial charge is 0.277 e. The van der Waals surface area contributed by atoms with Crippen molar-refractivity contribution in [2.45, 2.75) is 58.1 Å². The summed E-state index contributed by atoms with van der Waals surface area (Å²) < 4.78 is 9.18. The van der Waals surface area contributed by atoms with Crippen molar-refractivity contribution in [3.8, 4) is 5.88 Å². The molecular formula is C35H41N5O3. The van der Waals surface area contributed by atoms with E-state index in [4.69, 9.17) is 9.72 Å². The van der Waals surface area contributed by atoms with Crippen LogP contribution in [-0.4, -0.2) is 55.7 Å². The molecule has 1 fully saturated rings. The zero-order chi connectivity index (χ0) is 30.0. The molecule has 1 saturated heterocycles. The van der Waals surface area contributed by atoms with Crippen molar-refractivity contribution in [2.75, 3.05) is 26.7 Å². The van der Waals surface area contributed by atoms with E-state index >= 15 is 0 Å². The lowest BCUT2D eigenvalue weighted by molar-refractivity contribution is -0.0143. The van der Waals surface area contributed by atoms with E-state index in [1.807, 2.05) is 95.6 Å². The number of fused-ring (bicyclic) bond motifs is 3. The number of hydrogen-bond acceptors (Lipinski definition) is 6. The van der Waals surface area contributed by atoms with E-state index in [0.29, 0.717) is 30.0 Å². The van der Waals surface area contributed by atoms with Gasteiger partial charge in [0.15, 0.2) is 5.65 Å². The van der Waals surface area contributed by atoms with Gasteiger partial charge in [-0.05, 0) is 75.4 Å². The number of methoxy groups -OCH3 is 1. The van der Waals surface area contributed by atoms with E-state index in [1.165, 1.54) is 0 Å². The second-order valence-corrected chi connectivity index (χ2v) is 11.6. The van der Waals surface area contributed by atoms with Gasteiger partial charge >= 0.3 is 0 Å². The molecule has 8 heteroatoms. The van der Waals surface area contributed by atoms with Gasteiger partial charge in [-0.3, -0.25) is 9.20 Å². The molecule has 0 spiro atoms. The largest absolute Gasteiger partial charge is 0.481 e. The monoisotopic (exact) mass is 579 g/mol. The number of aromatic nitrogens is 4. The maximum Gasteiger partial charge on any atom is 0.277 e. The van der Waals surface area contributed by atoms with Crippen molar-refractivity contribution in [1.29, 1.82) is 0 Å². The lowest BCUT2D eigenvalue weighted by atomic mass is 9.72. The highest BCUT2D eigenvalue weighted by Gasteiger charge is 2.41. The topological polar surface area (TPSA) is 84.9 Å². The Hall–Kier alpha value is -4.01. The predicted molar refractivity (Wildman–Crippen MR) is 170 cm³/mol. The molecule has 0 saturated carbocycles. The standard InChI is InChI=1S/C35H41N5O3/c1-4-30-36-25(2)32-34(41)39(29-17-18-31(43-3)37-33(29)40(30)32)22-12-11-21-38-23-19-28(20-24-38)35(42,26-13-7-5-8-14-26)27-15-9-6-10-16-27/h5-10,13-18,28,42H,4,11-12,19-24H2,1-3H3. The van der Waals surface area contributed by atoms with Crippen LogP contribution in [0.2, 0.25) is 0 Å². The molecule has 43 heavy (non-hydrogen) atoms. The number of pyridine rings is 1. The average Bonchev–Trinajstić information content (AvgIpc) is 3.41. The fraction of sp³-hybridized carbons (Fsp3) is 0.400. The van der Waals surface area contributed by atoms with Crippen LogP contribution in [0.1, 0.15) is 55.3 Å². The first-order chi connectivity index (χ1) is 21.0. The fourth-order valence-corrected chi connectivity index (χ4v) is 6.88. The van der Waals surface area contributed by atoms with E-state index < -0.39 is 5.60 Å². The minimum Gasteiger partial charge on any atom is -0.481 e. The summed E-state index contributed by atoms with van der Waals surface area (Å²) in [4.78, 5) is 25.6. The summed E-state index contributed by atoms with van der Waals surface area (Å²) >= 11 is 0. The van der Waals surface area contributed by atoms with Crippen molar-refractivity contribution in [2.24, 2.45) is 5.92 Å². The molecule has 2 aromatic carbocycles. The number of nitrogens with zero attached hydrogens (tertiary/aromatic N) is 5. The quantitative estimate of drug-likeness (QED) is 0.225. The van der Waals surface area contributed by atoms with Crippen LogP contribution in [0, 0.1) is 12.8 Å². The van der Waals surface area contributed by atoms with Gasteiger partial charge in [-0.1, -0.05) is 67.6 Å². The average molecular weight is 580 g/mol. The van der Waals surface area contributed by atoms with Gasteiger partial charge in [-0.15, -0.1) is 0 Å². The second-order valence-electron chi connectivity index (χ2n) is 11.6. The number of likely N-dealkylation sites (tertiary alicyclic amines) is 1. The van der Waals surface area contributed by atoms with Crippen LogP contribution in [0.4, 0.5) is 0 Å². The summed E-state index contributed by atoms with van der Waals surface area (Å²) in [5.41, 5.74) is 3.72. The first-order valence-corrected chi connectivity index (χ1v) is 15.5. The van der Waals surface area contributed by atoms with Crippen molar-refractivity contribution in [3.05, 3.63) is 106 Å². The molecule has 3 aromatic heterocycles. The lowest BCUT2D eigenvalue weighted by Crippen LogP contribution is -2.44. The maximum atomic E-state index is 13.7. The van der Waals surface area contributed by atoms with Crippen LogP contribution < -0.4 is 10.3 Å². The highest BCUT2D eigenvalue weighted by atomic mass is 16.5. The Morgan fingerprint density at radius 3 is 2.14 bits per heavy atom. The summed E-state index contributed by atoms with van der Waals surface area (Å²) in [6.45, 7) is 7.41. The third kappa shape index (κ3) is 5.34. The van der Waals surface area contributed by atoms with Gasteiger partial charge in [0.2, 0.25) is 5.88 Å². The Morgan fingerprint density at radius 1 is 0.907 bits per heavy atom. The lowest BCUT2D eigenvalue weighted by Gasteiger charge is -2.42. The summed E-state index contributed by atoms with van der Waals surface area (Å²) in [5, 5.41) is 12.2. The van der Waals surface area contributed by atoms with Crippen molar-refractivity contribution in [3.63, 3.8) is 0 Å². The van der Waals surface area contributed by atoms with Crippen LogP contribution in [0.15, 0.2) is 77.6 Å². The molecule has 0 unspecified atom stereocenters. The molecule has 0 atom stereocenters. The van der Waals surface area contributed by atoms with Gasteiger partial charge in [0.05, 0.1) is 18.3 Å². The summed E-state index contributed by atoms with van der Waals surface area (Å²) in [6.07, 6.45) is 4.41. The number of ether oxygens (including phenoxy) is 1. The molecule has 0 amide bonds. The van der Waals surface area contributed by atoms with Gasteiger partial charge in [-0.2, -0.15) is 4.98 Å². The van der Waals surface area contributed by atoms with Crippen LogP contribution in [-0.2, 0) is 18.6 Å². The molecule has 5 aromatic rings. The van der Waals surface area contributed by atoms with Crippen LogP contribution in [0.5, 0.6) is 5.88 Å². The van der Waals surface area contributed by atoms with E-state index in [1.54, 1.807) is 7.11 Å². The summed E-state index contributed by atoms with van der Waals surface area (Å²) in [5.74, 6) is 1.49. The van der Waals surface area contributed by atoms with Crippen LogP contribution in [0.3, 0.4) is 0 Å². The normalized spacial score (nSPS) is 15.0.